The minimum atomic E-state index is -0.0521. The minimum absolute atomic E-state index is 0.0521. The molecule has 2 aromatic rings. The van der Waals surface area contributed by atoms with E-state index in [1.165, 1.54) is 0 Å². The van der Waals surface area contributed by atoms with Crippen LogP contribution in [-0.4, -0.2) is 35.1 Å². The largest absolute Gasteiger partial charge is 0.326 e. The van der Waals surface area contributed by atoms with Gasteiger partial charge < -0.3 is 9.88 Å². The fraction of sp³-hybridized carbons (Fsp3) is 0.364. The van der Waals surface area contributed by atoms with Gasteiger partial charge in [0.05, 0.1) is 11.0 Å². The first kappa shape index (κ1) is 11.4. The molecule has 4 nitrogen and oxygen atoms in total. The third-order valence-electron chi connectivity index (χ3n) is 2.53. The Balaban J connectivity index is 2.48. The van der Waals surface area contributed by atoms with Crippen molar-refractivity contribution in [2.45, 2.75) is 6.54 Å². The number of nitrogens with one attached hydrogen (secondary N) is 1. The quantitative estimate of drug-likeness (QED) is 0.931. The molecule has 0 aliphatic carbocycles. The summed E-state index contributed by atoms with van der Waals surface area (Å²) in [6, 6.07) is 5.81. The lowest BCUT2D eigenvalue weighted by Gasteiger charge is -2.09. The summed E-state index contributed by atoms with van der Waals surface area (Å²) < 4.78 is 2.69. The Hall–Kier alpha value is -1.07. The van der Waals surface area contributed by atoms with Crippen LogP contribution in [0.2, 0.25) is 0 Å². The van der Waals surface area contributed by atoms with E-state index >= 15 is 0 Å². The zero-order chi connectivity index (χ0) is 11.7. The highest BCUT2D eigenvalue weighted by Crippen LogP contribution is 2.20. The zero-order valence-electron chi connectivity index (χ0n) is 9.33. The van der Waals surface area contributed by atoms with Crippen molar-refractivity contribution in [3.63, 3.8) is 0 Å². The van der Waals surface area contributed by atoms with E-state index in [4.69, 9.17) is 0 Å². The summed E-state index contributed by atoms with van der Waals surface area (Å²) in [5, 5.41) is 0. The molecule has 0 unspecified atom stereocenters. The Morgan fingerprint density at radius 2 is 2.19 bits per heavy atom. The average Bonchev–Trinajstić information content (AvgIpc) is 2.53. The molecule has 0 saturated carbocycles. The number of imidazole rings is 1. The maximum atomic E-state index is 11.8. The number of para-hydroxylation sites is 1. The Morgan fingerprint density at radius 3 is 2.88 bits per heavy atom. The highest BCUT2D eigenvalue weighted by Gasteiger charge is 2.08. The number of hydrogen-bond acceptors (Lipinski definition) is 2. The first-order chi connectivity index (χ1) is 7.59. The van der Waals surface area contributed by atoms with E-state index in [-0.39, 0.29) is 5.69 Å². The summed E-state index contributed by atoms with van der Waals surface area (Å²) >= 11 is 3.43. The molecule has 0 radical (unpaired) electrons. The maximum Gasteiger partial charge on any atom is 0.326 e. The molecule has 0 spiro atoms. The van der Waals surface area contributed by atoms with Crippen LogP contribution in [0.15, 0.2) is 27.5 Å². The number of nitrogens with zero attached hydrogens (tertiary/aromatic N) is 2. The van der Waals surface area contributed by atoms with Crippen molar-refractivity contribution in [2.75, 3.05) is 20.6 Å². The molecule has 0 saturated heterocycles. The van der Waals surface area contributed by atoms with Crippen molar-refractivity contribution in [2.24, 2.45) is 0 Å². The van der Waals surface area contributed by atoms with Gasteiger partial charge in [-0.15, -0.1) is 0 Å². The van der Waals surface area contributed by atoms with Crippen LogP contribution < -0.4 is 5.69 Å². The minimum Gasteiger partial charge on any atom is -0.308 e. The highest BCUT2D eigenvalue weighted by molar-refractivity contribution is 9.10. The molecule has 2 rings (SSSR count). The predicted octanol–water partition coefficient (Wildman–Crippen LogP) is 1.65. The number of hydrogen-bond donors (Lipinski definition) is 1. The van der Waals surface area contributed by atoms with Gasteiger partial charge in [0.15, 0.2) is 0 Å². The van der Waals surface area contributed by atoms with Crippen molar-refractivity contribution in [1.82, 2.24) is 14.5 Å². The second-order valence-corrected chi connectivity index (χ2v) is 4.87. The van der Waals surface area contributed by atoms with Gasteiger partial charge in [-0.3, -0.25) is 4.57 Å². The third kappa shape index (κ3) is 2.05. The van der Waals surface area contributed by atoms with E-state index in [1.807, 2.05) is 32.3 Å². The van der Waals surface area contributed by atoms with Crippen molar-refractivity contribution in [3.05, 3.63) is 33.2 Å². The summed E-state index contributed by atoms with van der Waals surface area (Å²) in [6.45, 7) is 1.54. The number of H-pyrrole nitrogens is 1. The summed E-state index contributed by atoms with van der Waals surface area (Å²) in [5.74, 6) is 0. The van der Waals surface area contributed by atoms with Gasteiger partial charge in [-0.05, 0) is 42.2 Å². The molecule has 0 aliphatic heterocycles. The molecule has 16 heavy (non-hydrogen) atoms. The maximum absolute atomic E-state index is 11.8. The van der Waals surface area contributed by atoms with Crippen LogP contribution in [0.4, 0.5) is 0 Å². The van der Waals surface area contributed by atoms with E-state index < -0.39 is 0 Å². The molecular weight excluding hydrogens is 270 g/mol. The molecule has 1 aromatic heterocycles. The molecule has 0 aliphatic rings. The van der Waals surface area contributed by atoms with Crippen LogP contribution >= 0.6 is 15.9 Å². The lowest BCUT2D eigenvalue weighted by molar-refractivity contribution is 0.384. The van der Waals surface area contributed by atoms with E-state index in [0.29, 0.717) is 6.54 Å². The number of rotatable bonds is 3. The first-order valence-electron chi connectivity index (χ1n) is 5.11. The third-order valence-corrected chi connectivity index (χ3v) is 3.19. The van der Waals surface area contributed by atoms with Gasteiger partial charge in [-0.2, -0.15) is 0 Å². The Bertz CT molecular complexity index is 556. The van der Waals surface area contributed by atoms with E-state index in [0.717, 1.165) is 22.1 Å². The second-order valence-electron chi connectivity index (χ2n) is 4.02. The molecule has 1 heterocycles. The molecule has 1 aromatic carbocycles. The number of aromatic nitrogens is 2. The smallest absolute Gasteiger partial charge is 0.308 e. The van der Waals surface area contributed by atoms with Crippen molar-refractivity contribution in [1.29, 1.82) is 0 Å². The number of fused-ring (bicyclic) bond motifs is 1. The average molecular weight is 284 g/mol. The summed E-state index contributed by atoms with van der Waals surface area (Å²) in [4.78, 5) is 16.7. The molecule has 0 bridgehead atoms. The Labute approximate surface area is 102 Å². The van der Waals surface area contributed by atoms with Crippen LogP contribution in [0.5, 0.6) is 0 Å². The van der Waals surface area contributed by atoms with Gasteiger partial charge in [0.1, 0.15) is 0 Å². The monoisotopic (exact) mass is 283 g/mol. The van der Waals surface area contributed by atoms with Gasteiger partial charge in [-0.25, -0.2) is 4.79 Å². The standard InChI is InChI=1S/C11H14BrN3O/c1-14(2)6-7-15-9-5-3-4-8(12)10(9)13-11(15)16/h3-5H,6-7H2,1-2H3,(H,13,16). The lowest BCUT2D eigenvalue weighted by Crippen LogP contribution is -2.24. The van der Waals surface area contributed by atoms with Crippen LogP contribution in [0.3, 0.4) is 0 Å². The van der Waals surface area contributed by atoms with Crippen molar-refractivity contribution >= 4 is 27.0 Å². The van der Waals surface area contributed by atoms with Crippen LogP contribution in [0, 0.1) is 0 Å². The molecule has 1 N–H and O–H groups in total. The summed E-state index contributed by atoms with van der Waals surface area (Å²) in [6.07, 6.45) is 0. The van der Waals surface area contributed by atoms with Gasteiger partial charge in [0.2, 0.25) is 0 Å². The first-order valence-corrected chi connectivity index (χ1v) is 5.90. The second kappa shape index (κ2) is 4.43. The Morgan fingerprint density at radius 1 is 1.44 bits per heavy atom. The number of aromatic amines is 1. The van der Waals surface area contributed by atoms with Gasteiger partial charge in [0, 0.05) is 17.6 Å². The van der Waals surface area contributed by atoms with E-state index in [9.17, 15) is 4.79 Å². The van der Waals surface area contributed by atoms with Gasteiger partial charge >= 0.3 is 5.69 Å². The molecule has 0 atom stereocenters. The number of halogens is 1. The molecule has 0 fully saturated rings. The van der Waals surface area contributed by atoms with Gasteiger partial charge in [-0.1, -0.05) is 6.07 Å². The fourth-order valence-electron chi connectivity index (χ4n) is 1.67. The number of benzene rings is 1. The van der Waals surface area contributed by atoms with Crippen molar-refractivity contribution in [3.8, 4) is 0 Å². The van der Waals surface area contributed by atoms with Crippen LogP contribution in [0.25, 0.3) is 11.0 Å². The highest BCUT2D eigenvalue weighted by atomic mass is 79.9. The normalized spacial score (nSPS) is 11.5. The molecular formula is C11H14BrN3O. The van der Waals surface area contributed by atoms with E-state index in [1.54, 1.807) is 4.57 Å². The number of likely N-dealkylation sites (N-methyl/N-ethyl adjacent to an activating group) is 1. The Kier molecular flexibility index (Phi) is 3.16. The van der Waals surface area contributed by atoms with E-state index in [2.05, 4.69) is 25.8 Å². The molecule has 5 heteroatoms. The van der Waals surface area contributed by atoms with Gasteiger partial charge in [0.25, 0.3) is 0 Å². The molecule has 0 amide bonds. The van der Waals surface area contributed by atoms with Crippen LogP contribution in [0.1, 0.15) is 0 Å². The lowest BCUT2D eigenvalue weighted by atomic mass is 10.3. The van der Waals surface area contributed by atoms with Crippen molar-refractivity contribution < 1.29 is 0 Å². The predicted molar refractivity (Wildman–Crippen MR) is 68.8 cm³/mol. The topological polar surface area (TPSA) is 41.0 Å². The zero-order valence-corrected chi connectivity index (χ0v) is 10.9. The molecule has 86 valence electrons. The summed E-state index contributed by atoms with van der Waals surface area (Å²) in [5.41, 5.74) is 1.76. The van der Waals surface area contributed by atoms with Crippen LogP contribution in [-0.2, 0) is 6.54 Å². The summed E-state index contributed by atoms with van der Waals surface area (Å²) in [7, 11) is 3.99. The SMILES string of the molecule is CN(C)CCn1c(=O)[nH]c2c(Br)cccc21. The fourth-order valence-corrected chi connectivity index (χ4v) is 2.12.